The summed E-state index contributed by atoms with van der Waals surface area (Å²) in [5.74, 6) is 0. The van der Waals surface area contributed by atoms with Gasteiger partial charge in [-0.3, -0.25) is 9.36 Å². The third-order valence-corrected chi connectivity index (χ3v) is 4.12. The van der Waals surface area contributed by atoms with Gasteiger partial charge in [0.2, 0.25) is 0 Å². The highest BCUT2D eigenvalue weighted by Gasteiger charge is 2.13. The van der Waals surface area contributed by atoms with Crippen LogP contribution in [0.2, 0.25) is 0 Å². The molecule has 0 spiro atoms. The molecule has 4 nitrogen and oxygen atoms in total. The molecule has 0 aliphatic carbocycles. The van der Waals surface area contributed by atoms with Crippen molar-refractivity contribution in [3.8, 4) is 16.8 Å². The van der Waals surface area contributed by atoms with Gasteiger partial charge in [0.15, 0.2) is 4.77 Å². The van der Waals surface area contributed by atoms with Gasteiger partial charge in [-0.05, 0) is 29.9 Å². The normalized spacial score (nSPS) is 11.0. The molecule has 0 radical (unpaired) electrons. The van der Waals surface area contributed by atoms with Crippen LogP contribution in [0.4, 0.5) is 0 Å². The van der Waals surface area contributed by atoms with Crippen molar-refractivity contribution in [2.45, 2.75) is 0 Å². The van der Waals surface area contributed by atoms with Crippen molar-refractivity contribution >= 4 is 23.3 Å². The Hall–Kier alpha value is -2.92. The van der Waals surface area contributed by atoms with Crippen LogP contribution in [-0.4, -0.2) is 14.5 Å². The van der Waals surface area contributed by atoms with Gasteiger partial charge in [-0.15, -0.1) is 0 Å². The van der Waals surface area contributed by atoms with E-state index in [4.69, 9.17) is 12.2 Å². The molecule has 5 heteroatoms. The highest BCUT2D eigenvalue weighted by atomic mass is 32.1. The number of H-pyrrole nitrogens is 2. The molecule has 23 heavy (non-hydrogen) atoms. The van der Waals surface area contributed by atoms with Gasteiger partial charge < -0.3 is 9.97 Å². The third-order valence-electron chi connectivity index (χ3n) is 3.83. The van der Waals surface area contributed by atoms with Crippen LogP contribution in [0.5, 0.6) is 0 Å². The average Bonchev–Trinajstić information content (AvgIpc) is 3.00. The summed E-state index contributed by atoms with van der Waals surface area (Å²) >= 11 is 5.42. The number of nitrogens with one attached hydrogen (secondary N) is 2. The van der Waals surface area contributed by atoms with Gasteiger partial charge in [-0.1, -0.05) is 48.5 Å². The number of nitrogens with zero attached hydrogens (tertiary/aromatic N) is 1. The molecular formula is C18H13N3OS. The summed E-state index contributed by atoms with van der Waals surface area (Å²) in [5.41, 5.74) is 3.80. The van der Waals surface area contributed by atoms with Crippen molar-refractivity contribution in [1.29, 1.82) is 0 Å². The summed E-state index contributed by atoms with van der Waals surface area (Å²) in [6.45, 7) is 0. The van der Waals surface area contributed by atoms with E-state index in [2.05, 4.69) is 9.97 Å². The molecule has 0 amide bonds. The predicted molar refractivity (Wildman–Crippen MR) is 94.5 cm³/mol. The minimum Gasteiger partial charge on any atom is -0.355 e. The Morgan fingerprint density at radius 3 is 2.22 bits per heavy atom. The average molecular weight is 319 g/mol. The summed E-state index contributed by atoms with van der Waals surface area (Å²) in [6, 6.07) is 19.3. The zero-order chi connectivity index (χ0) is 15.8. The smallest absolute Gasteiger partial charge is 0.283 e. The van der Waals surface area contributed by atoms with Crippen molar-refractivity contribution in [3.05, 3.63) is 82.0 Å². The summed E-state index contributed by atoms with van der Waals surface area (Å²) in [7, 11) is 0. The van der Waals surface area contributed by atoms with Crippen molar-refractivity contribution in [2.75, 3.05) is 0 Å². The molecule has 4 aromatic rings. The fourth-order valence-electron chi connectivity index (χ4n) is 2.75. The Bertz CT molecular complexity index is 1090. The predicted octanol–water partition coefficient (Wildman–Crippen LogP) is 4.04. The maximum atomic E-state index is 12.8. The van der Waals surface area contributed by atoms with Gasteiger partial charge in [0.1, 0.15) is 5.52 Å². The van der Waals surface area contributed by atoms with Crippen LogP contribution < -0.4 is 5.56 Å². The number of fused-ring (bicyclic) bond motifs is 1. The fourth-order valence-corrected chi connectivity index (χ4v) is 3.04. The zero-order valence-corrected chi connectivity index (χ0v) is 12.9. The SMILES string of the molecule is O=c1c2[nH]cc(-c3ccccc3)c2[nH]c(=S)n1-c1ccccc1. The van der Waals surface area contributed by atoms with Crippen LogP contribution in [-0.2, 0) is 0 Å². The van der Waals surface area contributed by atoms with E-state index in [0.717, 1.165) is 22.3 Å². The number of benzene rings is 2. The molecule has 2 aromatic heterocycles. The summed E-state index contributed by atoms with van der Waals surface area (Å²) in [6.07, 6.45) is 1.84. The Labute approximate surface area is 137 Å². The molecule has 0 atom stereocenters. The maximum Gasteiger partial charge on any atom is 0.283 e. The molecule has 0 aliphatic rings. The first-order valence-electron chi connectivity index (χ1n) is 7.23. The van der Waals surface area contributed by atoms with Gasteiger partial charge in [-0.25, -0.2) is 0 Å². The van der Waals surface area contributed by atoms with E-state index in [1.807, 2.05) is 66.9 Å². The molecule has 0 bridgehead atoms. The molecule has 0 unspecified atom stereocenters. The summed E-state index contributed by atoms with van der Waals surface area (Å²) < 4.78 is 1.88. The first kappa shape index (κ1) is 13.7. The quantitative estimate of drug-likeness (QED) is 0.548. The van der Waals surface area contributed by atoms with E-state index in [1.165, 1.54) is 4.57 Å². The molecule has 0 fully saturated rings. The number of hydrogen-bond donors (Lipinski definition) is 2. The van der Waals surface area contributed by atoms with Gasteiger partial charge >= 0.3 is 0 Å². The summed E-state index contributed by atoms with van der Waals surface area (Å²) in [4.78, 5) is 19.1. The number of rotatable bonds is 2. The first-order valence-corrected chi connectivity index (χ1v) is 7.64. The van der Waals surface area contributed by atoms with E-state index >= 15 is 0 Å². The van der Waals surface area contributed by atoms with E-state index in [1.54, 1.807) is 0 Å². The van der Waals surface area contributed by atoms with Crippen LogP contribution in [0.25, 0.3) is 27.8 Å². The number of hydrogen-bond acceptors (Lipinski definition) is 2. The van der Waals surface area contributed by atoms with E-state index in [-0.39, 0.29) is 5.56 Å². The molecule has 2 N–H and O–H groups in total. The van der Waals surface area contributed by atoms with Gasteiger partial charge in [0.25, 0.3) is 5.56 Å². The number of aromatic amines is 2. The van der Waals surface area contributed by atoms with Crippen molar-refractivity contribution in [1.82, 2.24) is 14.5 Å². The lowest BCUT2D eigenvalue weighted by atomic mass is 10.1. The van der Waals surface area contributed by atoms with Crippen molar-refractivity contribution in [3.63, 3.8) is 0 Å². The van der Waals surface area contributed by atoms with Crippen LogP contribution in [0.3, 0.4) is 0 Å². The lowest BCUT2D eigenvalue weighted by Gasteiger charge is -2.07. The molecule has 2 aromatic carbocycles. The lowest BCUT2D eigenvalue weighted by molar-refractivity contribution is 0.937. The van der Waals surface area contributed by atoms with Gasteiger partial charge in [-0.2, -0.15) is 0 Å². The topological polar surface area (TPSA) is 53.6 Å². The standard InChI is InChI=1S/C18H13N3OS/c22-17-16-15(14(11-19-16)12-7-3-1-4-8-12)20-18(23)21(17)13-9-5-2-6-10-13/h1-11,19H,(H,20,23). The van der Waals surface area contributed by atoms with Crippen molar-refractivity contribution in [2.24, 2.45) is 0 Å². The van der Waals surface area contributed by atoms with E-state index in [0.29, 0.717) is 10.3 Å². The Morgan fingerprint density at radius 1 is 0.870 bits per heavy atom. The fraction of sp³-hybridized carbons (Fsp3) is 0. The second kappa shape index (κ2) is 5.37. The second-order valence-electron chi connectivity index (χ2n) is 5.22. The molecular weight excluding hydrogens is 306 g/mol. The molecule has 0 aliphatic heterocycles. The largest absolute Gasteiger partial charge is 0.355 e. The summed E-state index contributed by atoms with van der Waals surface area (Å²) in [5, 5.41) is 0. The minimum absolute atomic E-state index is 0.155. The van der Waals surface area contributed by atoms with E-state index in [9.17, 15) is 4.79 Å². The number of aromatic nitrogens is 3. The Balaban J connectivity index is 2.03. The highest BCUT2D eigenvalue weighted by Crippen LogP contribution is 2.25. The zero-order valence-electron chi connectivity index (χ0n) is 12.1. The van der Waals surface area contributed by atoms with E-state index < -0.39 is 0 Å². The molecule has 2 heterocycles. The maximum absolute atomic E-state index is 12.8. The van der Waals surface area contributed by atoms with Crippen LogP contribution >= 0.6 is 12.2 Å². The van der Waals surface area contributed by atoms with Gasteiger partial charge in [0.05, 0.1) is 11.2 Å². The molecule has 4 rings (SSSR count). The molecule has 0 saturated carbocycles. The molecule has 0 saturated heterocycles. The second-order valence-corrected chi connectivity index (χ2v) is 5.61. The van der Waals surface area contributed by atoms with Crippen LogP contribution in [0.1, 0.15) is 0 Å². The highest BCUT2D eigenvalue weighted by molar-refractivity contribution is 7.71. The molecule has 112 valence electrons. The van der Waals surface area contributed by atoms with Crippen LogP contribution in [0.15, 0.2) is 71.7 Å². The van der Waals surface area contributed by atoms with Gasteiger partial charge in [0, 0.05) is 11.8 Å². The monoisotopic (exact) mass is 319 g/mol. The lowest BCUT2D eigenvalue weighted by Crippen LogP contribution is -2.20. The first-order chi connectivity index (χ1) is 11.3. The third kappa shape index (κ3) is 2.22. The number of para-hydroxylation sites is 1. The van der Waals surface area contributed by atoms with Crippen LogP contribution in [0, 0.1) is 4.77 Å². The Morgan fingerprint density at radius 2 is 1.52 bits per heavy atom. The minimum atomic E-state index is -0.155. The van der Waals surface area contributed by atoms with Crippen molar-refractivity contribution < 1.29 is 0 Å². The Kier molecular flexibility index (Phi) is 3.20.